The quantitative estimate of drug-likeness (QED) is 0.466. The van der Waals surface area contributed by atoms with E-state index in [1.54, 1.807) is 6.92 Å². The van der Waals surface area contributed by atoms with E-state index in [0.717, 1.165) is 25.3 Å². The topological polar surface area (TPSA) is 35.5 Å². The molecule has 0 aromatic carbocycles. The van der Waals surface area contributed by atoms with Gasteiger partial charge in [0.2, 0.25) is 5.79 Å². The number of ether oxygens (including phenoxy) is 2. The molecule has 1 aliphatic rings. The molecule has 1 fully saturated rings. The summed E-state index contributed by atoms with van der Waals surface area (Å²) in [5, 5.41) is 0. The van der Waals surface area contributed by atoms with Crippen LogP contribution >= 0.6 is 0 Å². The van der Waals surface area contributed by atoms with Crippen molar-refractivity contribution in [2.45, 2.75) is 32.0 Å². The first-order valence-electron chi connectivity index (χ1n) is 4.16. The first-order valence-corrected chi connectivity index (χ1v) is 4.16. The molecule has 3 heteroatoms. The number of hydrogen-bond acceptors (Lipinski definition) is 3. The first-order chi connectivity index (χ1) is 5.66. The van der Waals surface area contributed by atoms with Gasteiger partial charge in [-0.3, -0.25) is 0 Å². The van der Waals surface area contributed by atoms with E-state index < -0.39 is 11.8 Å². The van der Waals surface area contributed by atoms with Crippen molar-refractivity contribution in [1.29, 1.82) is 0 Å². The minimum absolute atomic E-state index is 0.417. The van der Waals surface area contributed by atoms with E-state index in [2.05, 4.69) is 6.58 Å². The van der Waals surface area contributed by atoms with E-state index in [4.69, 9.17) is 9.47 Å². The molecule has 3 nitrogen and oxygen atoms in total. The molecule has 0 spiro atoms. The monoisotopic (exact) mass is 170 g/mol. The fourth-order valence-electron chi connectivity index (χ4n) is 1.24. The lowest BCUT2D eigenvalue weighted by Crippen LogP contribution is -2.37. The Hall–Kier alpha value is -0.830. The van der Waals surface area contributed by atoms with Crippen molar-refractivity contribution in [2.75, 3.05) is 6.61 Å². The van der Waals surface area contributed by atoms with Gasteiger partial charge in [-0.05, 0) is 12.8 Å². The maximum absolute atomic E-state index is 10.9. The Labute approximate surface area is 72.4 Å². The first kappa shape index (κ1) is 9.26. The predicted molar refractivity (Wildman–Crippen MR) is 44.5 cm³/mol. The zero-order valence-electron chi connectivity index (χ0n) is 7.34. The van der Waals surface area contributed by atoms with Crippen LogP contribution in [-0.2, 0) is 14.3 Å². The van der Waals surface area contributed by atoms with Gasteiger partial charge in [0.05, 0.1) is 6.61 Å². The molecule has 0 amide bonds. The average Bonchev–Trinajstić information content (AvgIpc) is 2.05. The Kier molecular flexibility index (Phi) is 2.87. The van der Waals surface area contributed by atoms with Gasteiger partial charge in [-0.15, -0.1) is 0 Å². The number of carbonyl (C=O) groups is 1. The Bertz CT molecular complexity index is 180. The van der Waals surface area contributed by atoms with E-state index in [1.807, 2.05) is 0 Å². The summed E-state index contributed by atoms with van der Waals surface area (Å²) in [5.74, 6) is -1.14. The molecule has 0 aromatic heterocycles. The smallest absolute Gasteiger partial charge is 0.332 e. The van der Waals surface area contributed by atoms with Crippen LogP contribution in [0.15, 0.2) is 12.7 Å². The Balaban J connectivity index is 2.46. The summed E-state index contributed by atoms with van der Waals surface area (Å²) in [6, 6.07) is 0. The van der Waals surface area contributed by atoms with Crippen molar-refractivity contribution in [3.63, 3.8) is 0 Å². The number of hydrogen-bond donors (Lipinski definition) is 0. The van der Waals surface area contributed by atoms with E-state index in [0.29, 0.717) is 6.61 Å². The van der Waals surface area contributed by atoms with Crippen LogP contribution in [0.4, 0.5) is 0 Å². The number of carbonyl (C=O) groups excluding carboxylic acids is 1. The molecule has 1 aliphatic heterocycles. The van der Waals surface area contributed by atoms with Gasteiger partial charge in [-0.1, -0.05) is 6.58 Å². The van der Waals surface area contributed by atoms with Crippen molar-refractivity contribution in [1.82, 2.24) is 0 Å². The van der Waals surface area contributed by atoms with E-state index >= 15 is 0 Å². The molecule has 0 radical (unpaired) electrons. The molecule has 1 unspecified atom stereocenters. The van der Waals surface area contributed by atoms with Crippen LogP contribution < -0.4 is 0 Å². The van der Waals surface area contributed by atoms with Gasteiger partial charge in [-0.25, -0.2) is 4.79 Å². The predicted octanol–water partition coefficient (Wildman–Crippen LogP) is 1.63. The number of rotatable bonds is 2. The lowest BCUT2D eigenvalue weighted by atomic mass is 10.1. The van der Waals surface area contributed by atoms with Gasteiger partial charge in [-0.2, -0.15) is 0 Å². The van der Waals surface area contributed by atoms with Crippen molar-refractivity contribution in [2.24, 2.45) is 0 Å². The lowest BCUT2D eigenvalue weighted by Gasteiger charge is -2.32. The highest BCUT2D eigenvalue weighted by Gasteiger charge is 2.30. The average molecular weight is 170 g/mol. The molecular weight excluding hydrogens is 156 g/mol. The third kappa shape index (κ3) is 2.34. The van der Waals surface area contributed by atoms with Gasteiger partial charge >= 0.3 is 5.97 Å². The third-order valence-corrected chi connectivity index (χ3v) is 1.92. The molecule has 1 saturated heterocycles. The largest absolute Gasteiger partial charge is 0.430 e. The highest BCUT2D eigenvalue weighted by Crippen LogP contribution is 2.25. The molecule has 0 aromatic rings. The third-order valence-electron chi connectivity index (χ3n) is 1.92. The van der Waals surface area contributed by atoms with Gasteiger partial charge in [0, 0.05) is 19.4 Å². The second-order valence-corrected chi connectivity index (χ2v) is 3.06. The van der Waals surface area contributed by atoms with Crippen LogP contribution in [0.5, 0.6) is 0 Å². The zero-order valence-corrected chi connectivity index (χ0v) is 7.34. The van der Waals surface area contributed by atoms with Crippen molar-refractivity contribution >= 4 is 5.97 Å². The van der Waals surface area contributed by atoms with E-state index in [1.165, 1.54) is 0 Å². The fourth-order valence-corrected chi connectivity index (χ4v) is 1.24. The Morgan fingerprint density at radius 1 is 1.67 bits per heavy atom. The molecule has 1 atom stereocenters. The molecule has 68 valence electrons. The van der Waals surface area contributed by atoms with E-state index in [9.17, 15) is 4.79 Å². The van der Waals surface area contributed by atoms with Crippen molar-refractivity contribution in [3.05, 3.63) is 12.7 Å². The van der Waals surface area contributed by atoms with Gasteiger partial charge in [0.15, 0.2) is 0 Å². The molecule has 0 saturated carbocycles. The maximum atomic E-state index is 10.9. The van der Waals surface area contributed by atoms with Crippen molar-refractivity contribution < 1.29 is 14.3 Å². The van der Waals surface area contributed by atoms with Crippen LogP contribution in [0.25, 0.3) is 0 Å². The molecule has 1 rings (SSSR count). The molecule has 0 N–H and O–H groups in total. The summed E-state index contributed by atoms with van der Waals surface area (Å²) in [6.07, 6.45) is 4.01. The second-order valence-electron chi connectivity index (χ2n) is 3.06. The fraction of sp³-hybridized carbons (Fsp3) is 0.667. The highest BCUT2D eigenvalue weighted by molar-refractivity contribution is 5.81. The van der Waals surface area contributed by atoms with Crippen molar-refractivity contribution in [3.8, 4) is 0 Å². The second kappa shape index (κ2) is 3.72. The minimum atomic E-state index is -0.719. The molecule has 1 heterocycles. The minimum Gasteiger partial charge on any atom is -0.430 e. The van der Waals surface area contributed by atoms with Crippen LogP contribution in [0, 0.1) is 0 Å². The zero-order chi connectivity index (χ0) is 9.03. The summed E-state index contributed by atoms with van der Waals surface area (Å²) < 4.78 is 10.4. The van der Waals surface area contributed by atoms with Gasteiger partial charge in [0.25, 0.3) is 0 Å². The summed E-state index contributed by atoms with van der Waals surface area (Å²) in [7, 11) is 0. The lowest BCUT2D eigenvalue weighted by molar-refractivity contribution is -0.233. The molecule has 12 heavy (non-hydrogen) atoms. The summed E-state index contributed by atoms with van der Waals surface area (Å²) in [5.41, 5.74) is 0. The summed E-state index contributed by atoms with van der Waals surface area (Å²) in [4.78, 5) is 10.9. The van der Waals surface area contributed by atoms with Gasteiger partial charge < -0.3 is 9.47 Å². The number of esters is 1. The Morgan fingerprint density at radius 3 is 2.92 bits per heavy atom. The Morgan fingerprint density at radius 2 is 2.42 bits per heavy atom. The highest BCUT2D eigenvalue weighted by atomic mass is 16.7. The SMILES string of the molecule is C=CC(=O)OC1(C)CCCCO1. The summed E-state index contributed by atoms with van der Waals surface area (Å²) >= 11 is 0. The van der Waals surface area contributed by atoms with E-state index in [-0.39, 0.29) is 0 Å². The van der Waals surface area contributed by atoms with Gasteiger partial charge in [0.1, 0.15) is 0 Å². The molecule has 0 aliphatic carbocycles. The normalized spacial score (nSPS) is 29.4. The summed E-state index contributed by atoms with van der Waals surface area (Å²) in [6.45, 7) is 5.78. The standard InChI is InChI=1S/C9H14O3/c1-3-8(10)12-9(2)6-4-5-7-11-9/h3H,1,4-7H2,2H3. The molecular formula is C9H14O3. The van der Waals surface area contributed by atoms with Crippen LogP contribution in [0.1, 0.15) is 26.2 Å². The van der Waals surface area contributed by atoms with Crippen LogP contribution in [0.2, 0.25) is 0 Å². The van der Waals surface area contributed by atoms with Crippen LogP contribution in [0.3, 0.4) is 0 Å². The molecule has 0 bridgehead atoms. The maximum Gasteiger partial charge on any atom is 0.332 e. The van der Waals surface area contributed by atoms with Crippen LogP contribution in [-0.4, -0.2) is 18.4 Å².